The highest BCUT2D eigenvalue weighted by molar-refractivity contribution is 5.94. The molecule has 0 radical (unpaired) electrons. The fraction of sp³-hybridized carbons (Fsp3) is 0.357. The number of hydrogen-bond donors (Lipinski definition) is 2. The van der Waals surface area contributed by atoms with E-state index in [9.17, 15) is 9.90 Å². The van der Waals surface area contributed by atoms with Crippen molar-refractivity contribution in [2.45, 2.75) is 27.7 Å². The van der Waals surface area contributed by atoms with E-state index >= 15 is 0 Å². The molecule has 0 heterocycles. The summed E-state index contributed by atoms with van der Waals surface area (Å²) in [6.07, 6.45) is 3.17. The molecule has 17 heavy (non-hydrogen) atoms. The van der Waals surface area contributed by atoms with Crippen LogP contribution in [0.3, 0.4) is 0 Å². The van der Waals surface area contributed by atoms with Crippen LogP contribution in [0.4, 0.5) is 5.69 Å². The lowest BCUT2D eigenvalue weighted by Crippen LogP contribution is -2.17. The van der Waals surface area contributed by atoms with Gasteiger partial charge in [0, 0.05) is 17.3 Å². The van der Waals surface area contributed by atoms with Crippen LogP contribution >= 0.6 is 0 Å². The molecule has 92 valence electrons. The number of hydrogen-bond acceptors (Lipinski definition) is 3. The van der Waals surface area contributed by atoms with Crippen molar-refractivity contribution in [2.75, 3.05) is 5.32 Å². The van der Waals surface area contributed by atoms with Gasteiger partial charge in [0.15, 0.2) is 5.78 Å². The number of carbonyl (C=O) groups excluding carboxylic acids is 1. The first-order valence-electron chi connectivity index (χ1n) is 5.58. The van der Waals surface area contributed by atoms with Crippen molar-refractivity contribution in [3.63, 3.8) is 0 Å². The molecule has 0 aliphatic carbocycles. The summed E-state index contributed by atoms with van der Waals surface area (Å²) in [6.45, 7) is 7.53. The number of phenolic OH excluding ortho intramolecular Hbond substituents is 1. The largest absolute Gasteiger partial charge is 0.508 e. The zero-order valence-corrected chi connectivity index (χ0v) is 10.7. The van der Waals surface area contributed by atoms with E-state index in [-0.39, 0.29) is 16.9 Å². The number of nitrogens with one attached hydrogen (secondary N) is 1. The molecule has 0 saturated heterocycles. The molecule has 0 spiro atoms. The molecule has 0 atom stereocenters. The van der Waals surface area contributed by atoms with Gasteiger partial charge in [-0.2, -0.15) is 0 Å². The molecule has 0 amide bonds. The molecule has 1 aromatic carbocycles. The van der Waals surface area contributed by atoms with Crippen molar-refractivity contribution in [2.24, 2.45) is 5.41 Å². The standard InChI is InChI=1S/C14H19NO2/c1-10-9-11(16)5-6-12(10)15-8-7-13(17)14(2,3)4/h5-9,15-16H,1-4H3/b8-7+. The second-order valence-corrected chi connectivity index (χ2v) is 5.09. The van der Waals surface area contributed by atoms with Crippen LogP contribution in [0.15, 0.2) is 30.5 Å². The molecule has 3 nitrogen and oxygen atoms in total. The number of allylic oxidation sites excluding steroid dienone is 1. The van der Waals surface area contributed by atoms with Crippen LogP contribution in [0.5, 0.6) is 5.75 Å². The molecule has 0 aliphatic heterocycles. The summed E-state index contributed by atoms with van der Waals surface area (Å²) in [5.74, 6) is 0.309. The van der Waals surface area contributed by atoms with Crippen LogP contribution in [0, 0.1) is 12.3 Å². The van der Waals surface area contributed by atoms with Crippen molar-refractivity contribution < 1.29 is 9.90 Å². The zero-order valence-electron chi connectivity index (χ0n) is 10.7. The van der Waals surface area contributed by atoms with Gasteiger partial charge in [-0.05, 0) is 36.8 Å². The first-order valence-corrected chi connectivity index (χ1v) is 5.58. The minimum Gasteiger partial charge on any atom is -0.508 e. The number of rotatable bonds is 3. The summed E-state index contributed by atoms with van der Waals surface area (Å²) in [6, 6.07) is 5.05. The Labute approximate surface area is 102 Å². The number of anilines is 1. The Balaban J connectivity index is 2.68. The molecule has 0 bridgehead atoms. The minimum absolute atomic E-state index is 0.0708. The van der Waals surface area contributed by atoms with Crippen molar-refractivity contribution in [1.29, 1.82) is 0 Å². The number of aromatic hydroxyl groups is 1. The van der Waals surface area contributed by atoms with Gasteiger partial charge in [0.2, 0.25) is 0 Å². The normalized spacial score (nSPS) is 11.8. The van der Waals surface area contributed by atoms with Gasteiger partial charge in [0.05, 0.1) is 0 Å². The van der Waals surface area contributed by atoms with E-state index in [0.29, 0.717) is 0 Å². The summed E-state index contributed by atoms with van der Waals surface area (Å²) in [5.41, 5.74) is 1.45. The Bertz CT molecular complexity index is 442. The van der Waals surface area contributed by atoms with Crippen molar-refractivity contribution in [1.82, 2.24) is 0 Å². The molecular formula is C14H19NO2. The smallest absolute Gasteiger partial charge is 0.162 e. The van der Waals surface area contributed by atoms with Crippen molar-refractivity contribution in [3.8, 4) is 5.75 Å². The Hall–Kier alpha value is -1.77. The first-order chi connectivity index (χ1) is 7.80. The Morgan fingerprint density at radius 1 is 1.35 bits per heavy atom. The molecule has 2 N–H and O–H groups in total. The SMILES string of the molecule is Cc1cc(O)ccc1N/C=C/C(=O)C(C)(C)C. The average molecular weight is 233 g/mol. The lowest BCUT2D eigenvalue weighted by molar-refractivity contribution is -0.121. The Morgan fingerprint density at radius 3 is 2.53 bits per heavy atom. The monoisotopic (exact) mass is 233 g/mol. The predicted octanol–water partition coefficient (Wildman–Crippen LogP) is 3.24. The van der Waals surface area contributed by atoms with Crippen LogP contribution < -0.4 is 5.32 Å². The summed E-state index contributed by atoms with van der Waals surface area (Å²) in [4.78, 5) is 11.6. The quantitative estimate of drug-likeness (QED) is 0.622. The van der Waals surface area contributed by atoms with Gasteiger partial charge >= 0.3 is 0 Å². The highest BCUT2D eigenvalue weighted by Crippen LogP contribution is 2.20. The van der Waals surface area contributed by atoms with E-state index in [4.69, 9.17) is 0 Å². The van der Waals surface area contributed by atoms with E-state index < -0.39 is 0 Å². The molecule has 0 aromatic heterocycles. The van der Waals surface area contributed by atoms with Crippen LogP contribution in [-0.2, 0) is 4.79 Å². The molecule has 0 saturated carbocycles. The van der Waals surface area contributed by atoms with Crippen LogP contribution in [0.1, 0.15) is 26.3 Å². The van der Waals surface area contributed by atoms with E-state index in [0.717, 1.165) is 11.3 Å². The summed E-state index contributed by atoms with van der Waals surface area (Å²) >= 11 is 0. The number of aryl methyl sites for hydroxylation is 1. The second-order valence-electron chi connectivity index (χ2n) is 5.09. The Kier molecular flexibility index (Phi) is 3.94. The van der Waals surface area contributed by atoms with Crippen LogP contribution in [-0.4, -0.2) is 10.9 Å². The lowest BCUT2D eigenvalue weighted by atomic mass is 9.91. The van der Waals surface area contributed by atoms with Gasteiger partial charge in [-0.1, -0.05) is 20.8 Å². The molecular weight excluding hydrogens is 214 g/mol. The van der Waals surface area contributed by atoms with E-state index in [1.165, 1.54) is 6.08 Å². The third-order valence-electron chi connectivity index (χ3n) is 2.42. The van der Waals surface area contributed by atoms with Gasteiger partial charge in [-0.3, -0.25) is 4.79 Å². The number of ketones is 1. The maximum Gasteiger partial charge on any atom is 0.162 e. The molecule has 0 unspecified atom stereocenters. The van der Waals surface area contributed by atoms with Crippen LogP contribution in [0.2, 0.25) is 0 Å². The van der Waals surface area contributed by atoms with Gasteiger partial charge in [0.25, 0.3) is 0 Å². The first kappa shape index (κ1) is 13.3. The maximum atomic E-state index is 11.6. The average Bonchev–Trinajstić information content (AvgIpc) is 2.19. The van der Waals surface area contributed by atoms with Gasteiger partial charge in [-0.15, -0.1) is 0 Å². The molecule has 1 rings (SSSR count). The fourth-order valence-electron chi connectivity index (χ4n) is 1.27. The van der Waals surface area contributed by atoms with E-state index in [2.05, 4.69) is 5.32 Å². The summed E-state index contributed by atoms with van der Waals surface area (Å²) in [5, 5.41) is 12.3. The van der Waals surface area contributed by atoms with Gasteiger partial charge < -0.3 is 10.4 Å². The third-order valence-corrected chi connectivity index (χ3v) is 2.42. The molecule has 0 fully saturated rings. The van der Waals surface area contributed by atoms with E-state index in [1.807, 2.05) is 27.7 Å². The topological polar surface area (TPSA) is 49.3 Å². The molecule has 0 aliphatic rings. The molecule has 3 heteroatoms. The summed E-state index contributed by atoms with van der Waals surface area (Å²) in [7, 11) is 0. The highest BCUT2D eigenvalue weighted by atomic mass is 16.3. The predicted molar refractivity (Wildman–Crippen MR) is 70.1 cm³/mol. The van der Waals surface area contributed by atoms with Crippen molar-refractivity contribution >= 4 is 11.5 Å². The lowest BCUT2D eigenvalue weighted by Gasteiger charge is -2.13. The number of carbonyl (C=O) groups is 1. The molecule has 1 aromatic rings. The fourth-order valence-corrected chi connectivity index (χ4v) is 1.27. The van der Waals surface area contributed by atoms with Gasteiger partial charge in [-0.25, -0.2) is 0 Å². The van der Waals surface area contributed by atoms with E-state index in [1.54, 1.807) is 24.4 Å². The summed E-state index contributed by atoms with van der Waals surface area (Å²) < 4.78 is 0. The minimum atomic E-state index is -0.359. The second kappa shape index (κ2) is 5.04. The number of benzene rings is 1. The number of phenols is 1. The van der Waals surface area contributed by atoms with Gasteiger partial charge in [0.1, 0.15) is 5.75 Å². The zero-order chi connectivity index (χ0) is 13.1. The van der Waals surface area contributed by atoms with Crippen LogP contribution in [0.25, 0.3) is 0 Å². The Morgan fingerprint density at radius 2 is 2.00 bits per heavy atom. The third kappa shape index (κ3) is 3.94. The highest BCUT2D eigenvalue weighted by Gasteiger charge is 2.17. The maximum absolute atomic E-state index is 11.6. The van der Waals surface area contributed by atoms with Crippen molar-refractivity contribution in [3.05, 3.63) is 36.0 Å².